The molecule has 2 heterocycles. The molecule has 0 aliphatic rings. The minimum Gasteiger partial charge on any atom is -0.364 e. The van der Waals surface area contributed by atoms with Crippen LogP contribution >= 0.6 is 12.4 Å². The third-order valence-corrected chi connectivity index (χ3v) is 3.03. The molecule has 0 atom stereocenters. The lowest BCUT2D eigenvalue weighted by Crippen LogP contribution is -2.15. The summed E-state index contributed by atoms with van der Waals surface area (Å²) in [7, 11) is 1.69. The van der Waals surface area contributed by atoms with Crippen LogP contribution in [0, 0.1) is 6.92 Å². The highest BCUT2D eigenvalue weighted by Gasteiger charge is 2.11. The Bertz CT molecular complexity index is 603. The molecule has 0 saturated carbocycles. The van der Waals surface area contributed by atoms with Gasteiger partial charge in [-0.15, -0.1) is 12.4 Å². The van der Waals surface area contributed by atoms with Crippen molar-refractivity contribution in [1.29, 1.82) is 0 Å². The minimum absolute atomic E-state index is 0. The maximum Gasteiger partial charge on any atom is 0.267 e. The quantitative estimate of drug-likeness (QED) is 0.864. The molecule has 0 radical (unpaired) electrons. The molecule has 0 fully saturated rings. The molecule has 8 heteroatoms. The Morgan fingerprint density at radius 2 is 2.20 bits per heavy atom. The van der Waals surface area contributed by atoms with E-state index in [2.05, 4.69) is 15.5 Å². The number of rotatable bonds is 5. The van der Waals surface area contributed by atoms with Crippen LogP contribution in [0.15, 0.2) is 12.3 Å². The fraction of sp³-hybridized carbons (Fsp3) is 0.417. The van der Waals surface area contributed by atoms with E-state index in [9.17, 15) is 4.79 Å². The number of anilines is 1. The standard InChI is InChI=1S/C12H18N6O.ClH/c1-4-18-10(8(2)6-15-18)7-14-11-5-9(12(13)19)17(3)16-11;/h5-6H,4,7H2,1-3H3,(H2,13,19)(H,14,16);1H. The zero-order chi connectivity index (χ0) is 14.0. The Labute approximate surface area is 123 Å². The average molecular weight is 299 g/mol. The number of amides is 1. The Morgan fingerprint density at radius 1 is 1.50 bits per heavy atom. The van der Waals surface area contributed by atoms with Gasteiger partial charge in [-0.3, -0.25) is 14.2 Å². The average Bonchev–Trinajstić information content (AvgIpc) is 2.90. The topological polar surface area (TPSA) is 90.8 Å². The SMILES string of the molecule is CCn1ncc(C)c1CNc1cc(C(N)=O)n(C)n1.Cl. The maximum absolute atomic E-state index is 11.1. The molecule has 0 aliphatic heterocycles. The van der Waals surface area contributed by atoms with Crippen LogP contribution in [-0.2, 0) is 20.1 Å². The number of aryl methyl sites for hydroxylation is 3. The molecule has 2 rings (SSSR count). The van der Waals surface area contributed by atoms with Crippen molar-refractivity contribution in [3.05, 3.63) is 29.2 Å². The summed E-state index contributed by atoms with van der Waals surface area (Å²) in [5, 5.41) is 11.6. The van der Waals surface area contributed by atoms with Gasteiger partial charge in [0.05, 0.1) is 18.4 Å². The van der Waals surface area contributed by atoms with Crippen LogP contribution in [0.5, 0.6) is 0 Å². The summed E-state index contributed by atoms with van der Waals surface area (Å²) in [6.07, 6.45) is 1.84. The molecule has 0 unspecified atom stereocenters. The third kappa shape index (κ3) is 3.11. The van der Waals surface area contributed by atoms with Crippen molar-refractivity contribution in [2.75, 3.05) is 5.32 Å². The third-order valence-electron chi connectivity index (χ3n) is 3.03. The fourth-order valence-corrected chi connectivity index (χ4v) is 1.97. The van der Waals surface area contributed by atoms with E-state index >= 15 is 0 Å². The largest absolute Gasteiger partial charge is 0.364 e. The molecular weight excluding hydrogens is 280 g/mol. The summed E-state index contributed by atoms with van der Waals surface area (Å²) in [6.45, 7) is 5.49. The van der Waals surface area contributed by atoms with Crippen molar-refractivity contribution in [3.8, 4) is 0 Å². The van der Waals surface area contributed by atoms with E-state index in [4.69, 9.17) is 5.73 Å². The smallest absolute Gasteiger partial charge is 0.267 e. The highest BCUT2D eigenvalue weighted by molar-refractivity contribution is 5.91. The predicted octanol–water partition coefficient (Wildman–Crippen LogP) is 1.08. The van der Waals surface area contributed by atoms with Gasteiger partial charge in [-0.25, -0.2) is 0 Å². The molecule has 0 aliphatic carbocycles. The van der Waals surface area contributed by atoms with Gasteiger partial charge in [0.25, 0.3) is 5.91 Å². The first-order valence-corrected chi connectivity index (χ1v) is 6.12. The summed E-state index contributed by atoms with van der Waals surface area (Å²) < 4.78 is 3.40. The first-order chi connectivity index (χ1) is 9.02. The molecule has 0 aromatic carbocycles. The molecule has 0 saturated heterocycles. The van der Waals surface area contributed by atoms with E-state index < -0.39 is 5.91 Å². The Kier molecular flexibility index (Phi) is 5.15. The first-order valence-electron chi connectivity index (χ1n) is 6.12. The molecule has 0 bridgehead atoms. The Morgan fingerprint density at radius 3 is 2.75 bits per heavy atom. The summed E-state index contributed by atoms with van der Waals surface area (Å²) in [6, 6.07) is 1.64. The highest BCUT2D eigenvalue weighted by Crippen LogP contribution is 2.12. The van der Waals surface area contributed by atoms with Gasteiger partial charge < -0.3 is 11.1 Å². The lowest BCUT2D eigenvalue weighted by Gasteiger charge is -2.07. The van der Waals surface area contributed by atoms with Gasteiger partial charge in [0, 0.05) is 19.7 Å². The van der Waals surface area contributed by atoms with E-state index in [1.165, 1.54) is 4.68 Å². The van der Waals surface area contributed by atoms with Crippen molar-refractivity contribution < 1.29 is 4.79 Å². The molecule has 110 valence electrons. The van der Waals surface area contributed by atoms with Crippen molar-refractivity contribution >= 4 is 24.1 Å². The molecule has 20 heavy (non-hydrogen) atoms. The monoisotopic (exact) mass is 298 g/mol. The van der Waals surface area contributed by atoms with Crippen LogP contribution in [0.25, 0.3) is 0 Å². The number of hydrogen-bond donors (Lipinski definition) is 2. The Balaban J connectivity index is 0.00000200. The molecular formula is C12H19ClN6O. The van der Waals surface area contributed by atoms with Crippen LogP contribution in [0.2, 0.25) is 0 Å². The van der Waals surface area contributed by atoms with Gasteiger partial charge in [0.1, 0.15) is 11.5 Å². The fourth-order valence-electron chi connectivity index (χ4n) is 1.97. The van der Waals surface area contributed by atoms with Gasteiger partial charge in [0.15, 0.2) is 0 Å². The zero-order valence-corrected chi connectivity index (χ0v) is 12.6. The molecule has 3 N–H and O–H groups in total. The number of hydrogen-bond acceptors (Lipinski definition) is 4. The van der Waals surface area contributed by atoms with E-state index in [1.807, 2.05) is 24.7 Å². The van der Waals surface area contributed by atoms with Gasteiger partial charge >= 0.3 is 0 Å². The number of primary amides is 1. The van der Waals surface area contributed by atoms with Crippen molar-refractivity contribution in [3.63, 3.8) is 0 Å². The van der Waals surface area contributed by atoms with Crippen molar-refractivity contribution in [2.24, 2.45) is 12.8 Å². The number of carbonyl (C=O) groups excluding carboxylic acids is 1. The van der Waals surface area contributed by atoms with E-state index in [-0.39, 0.29) is 12.4 Å². The van der Waals surface area contributed by atoms with Crippen molar-refractivity contribution in [2.45, 2.75) is 26.9 Å². The summed E-state index contributed by atoms with van der Waals surface area (Å²) in [5.74, 6) is 0.136. The van der Waals surface area contributed by atoms with Gasteiger partial charge in [0.2, 0.25) is 0 Å². The van der Waals surface area contributed by atoms with Crippen LogP contribution < -0.4 is 11.1 Å². The van der Waals surface area contributed by atoms with E-state index in [0.29, 0.717) is 18.1 Å². The molecule has 2 aromatic rings. The lowest BCUT2D eigenvalue weighted by molar-refractivity contribution is 0.0991. The van der Waals surface area contributed by atoms with Crippen molar-refractivity contribution in [1.82, 2.24) is 19.6 Å². The maximum atomic E-state index is 11.1. The summed E-state index contributed by atoms with van der Waals surface area (Å²) in [5.41, 5.74) is 7.86. The van der Waals surface area contributed by atoms with E-state index in [1.54, 1.807) is 13.1 Å². The minimum atomic E-state index is -0.488. The summed E-state index contributed by atoms with van der Waals surface area (Å²) in [4.78, 5) is 11.1. The number of halogens is 1. The Hall–Kier alpha value is -2.02. The second-order valence-electron chi connectivity index (χ2n) is 4.35. The number of nitrogens with one attached hydrogen (secondary N) is 1. The number of nitrogens with zero attached hydrogens (tertiary/aromatic N) is 4. The normalized spacial score (nSPS) is 10.2. The van der Waals surface area contributed by atoms with Crippen LogP contribution in [0.3, 0.4) is 0 Å². The lowest BCUT2D eigenvalue weighted by atomic mass is 10.2. The molecule has 1 amide bonds. The molecule has 0 spiro atoms. The predicted molar refractivity (Wildman–Crippen MR) is 78.9 cm³/mol. The van der Waals surface area contributed by atoms with Gasteiger partial charge in [-0.2, -0.15) is 10.2 Å². The molecule has 2 aromatic heterocycles. The van der Waals surface area contributed by atoms with Crippen LogP contribution in [0.4, 0.5) is 5.82 Å². The second-order valence-corrected chi connectivity index (χ2v) is 4.35. The van der Waals surface area contributed by atoms with Crippen LogP contribution in [0.1, 0.15) is 28.7 Å². The van der Waals surface area contributed by atoms with Crippen LogP contribution in [-0.4, -0.2) is 25.5 Å². The zero-order valence-electron chi connectivity index (χ0n) is 11.8. The van der Waals surface area contributed by atoms with Gasteiger partial charge in [-0.05, 0) is 19.4 Å². The molecule has 7 nitrogen and oxygen atoms in total. The highest BCUT2D eigenvalue weighted by atomic mass is 35.5. The number of nitrogens with two attached hydrogens (primary N) is 1. The second kappa shape index (κ2) is 6.42. The van der Waals surface area contributed by atoms with E-state index in [0.717, 1.165) is 17.8 Å². The first kappa shape index (κ1) is 16.0. The number of aromatic nitrogens is 4. The summed E-state index contributed by atoms with van der Waals surface area (Å²) >= 11 is 0. The number of carbonyl (C=O) groups is 1. The van der Waals surface area contributed by atoms with Gasteiger partial charge in [-0.1, -0.05) is 0 Å².